The van der Waals surface area contributed by atoms with E-state index < -0.39 is 7.12 Å². The third-order valence-electron chi connectivity index (χ3n) is 3.87. The molecule has 4 heteroatoms. The van der Waals surface area contributed by atoms with Crippen LogP contribution in [0.4, 0.5) is 4.39 Å². The molecule has 96 valence electrons. The zero-order chi connectivity index (χ0) is 13.1. The highest BCUT2D eigenvalue weighted by Gasteiger charge is 2.23. The molecule has 1 aromatic carbocycles. The summed E-state index contributed by atoms with van der Waals surface area (Å²) in [7, 11) is -1.61. The fourth-order valence-corrected chi connectivity index (χ4v) is 2.70. The summed E-state index contributed by atoms with van der Waals surface area (Å²) in [5.74, 6) is 0.469. The van der Waals surface area contributed by atoms with Crippen molar-refractivity contribution < 1.29 is 14.4 Å². The van der Waals surface area contributed by atoms with Crippen LogP contribution in [0.3, 0.4) is 0 Å². The van der Waals surface area contributed by atoms with Gasteiger partial charge < -0.3 is 10.0 Å². The number of halogens is 1. The minimum atomic E-state index is -1.61. The predicted octanol–water partition coefficient (Wildman–Crippen LogP) is 1.97. The van der Waals surface area contributed by atoms with Crippen molar-refractivity contribution in [1.29, 1.82) is 0 Å². The van der Waals surface area contributed by atoms with E-state index in [9.17, 15) is 4.39 Å². The summed E-state index contributed by atoms with van der Waals surface area (Å²) >= 11 is 0. The summed E-state index contributed by atoms with van der Waals surface area (Å²) < 4.78 is 13.9. The monoisotopic (exact) mass is 248 g/mol. The lowest BCUT2D eigenvalue weighted by Crippen LogP contribution is -2.30. The van der Waals surface area contributed by atoms with Gasteiger partial charge in [0.15, 0.2) is 0 Å². The van der Waals surface area contributed by atoms with Crippen molar-refractivity contribution in [2.24, 2.45) is 5.92 Å². The van der Waals surface area contributed by atoms with Gasteiger partial charge in [-0.2, -0.15) is 0 Å². The summed E-state index contributed by atoms with van der Waals surface area (Å²) in [6.45, 7) is 3.80. The minimum absolute atomic E-state index is 0.205. The molecule has 1 aromatic rings. The Balaban J connectivity index is 2.12. The van der Waals surface area contributed by atoms with Gasteiger partial charge in [-0.15, -0.1) is 6.58 Å². The Morgan fingerprint density at radius 1 is 1.22 bits per heavy atom. The van der Waals surface area contributed by atoms with Gasteiger partial charge in [-0.05, 0) is 54.6 Å². The average molecular weight is 248 g/mol. The molecule has 0 aliphatic heterocycles. The van der Waals surface area contributed by atoms with Crippen LogP contribution in [-0.4, -0.2) is 17.2 Å². The molecule has 1 aliphatic carbocycles. The highest BCUT2D eigenvalue weighted by atomic mass is 19.1. The van der Waals surface area contributed by atoms with E-state index in [-0.39, 0.29) is 17.2 Å². The quantitative estimate of drug-likeness (QED) is 0.634. The normalized spacial score (nSPS) is 23.7. The molecule has 2 nitrogen and oxygen atoms in total. The molecule has 0 amide bonds. The van der Waals surface area contributed by atoms with Crippen molar-refractivity contribution in [2.45, 2.75) is 31.6 Å². The van der Waals surface area contributed by atoms with Crippen molar-refractivity contribution in [3.05, 3.63) is 42.2 Å². The minimum Gasteiger partial charge on any atom is -0.423 e. The van der Waals surface area contributed by atoms with Crippen LogP contribution in [-0.2, 0) is 0 Å². The van der Waals surface area contributed by atoms with Gasteiger partial charge in [0, 0.05) is 0 Å². The standard InChI is InChI=1S/C14H18BFO2/c1-2-10-3-5-11(6-4-10)13-8-7-12(15(17)18)9-14(13)16/h2,7-11,17-18H,1,3-6H2/t10-,11-. The van der Waals surface area contributed by atoms with E-state index >= 15 is 0 Å². The number of hydrogen-bond donors (Lipinski definition) is 2. The largest absolute Gasteiger partial charge is 0.488 e. The van der Waals surface area contributed by atoms with E-state index in [1.54, 1.807) is 12.1 Å². The highest BCUT2D eigenvalue weighted by Crippen LogP contribution is 2.36. The number of benzene rings is 1. The fraction of sp³-hybridized carbons (Fsp3) is 0.429. The van der Waals surface area contributed by atoms with Crippen molar-refractivity contribution in [1.82, 2.24) is 0 Å². The van der Waals surface area contributed by atoms with Gasteiger partial charge in [-0.25, -0.2) is 4.39 Å². The second-order valence-corrected chi connectivity index (χ2v) is 5.00. The van der Waals surface area contributed by atoms with Gasteiger partial charge in [-0.1, -0.05) is 18.2 Å². The van der Waals surface area contributed by atoms with E-state index in [0.29, 0.717) is 11.5 Å². The van der Waals surface area contributed by atoms with E-state index in [4.69, 9.17) is 10.0 Å². The Morgan fingerprint density at radius 2 is 1.89 bits per heavy atom. The molecule has 0 atom stereocenters. The van der Waals surface area contributed by atoms with Crippen LogP contribution in [0.25, 0.3) is 0 Å². The van der Waals surface area contributed by atoms with E-state index in [1.165, 1.54) is 6.07 Å². The van der Waals surface area contributed by atoms with Gasteiger partial charge in [-0.3, -0.25) is 0 Å². The lowest BCUT2D eigenvalue weighted by Gasteiger charge is -2.27. The zero-order valence-electron chi connectivity index (χ0n) is 10.3. The highest BCUT2D eigenvalue weighted by molar-refractivity contribution is 6.58. The third kappa shape index (κ3) is 2.82. The molecule has 1 fully saturated rings. The van der Waals surface area contributed by atoms with Gasteiger partial charge >= 0.3 is 7.12 Å². The van der Waals surface area contributed by atoms with Crippen LogP contribution in [0.1, 0.15) is 37.2 Å². The molecular weight excluding hydrogens is 230 g/mol. The van der Waals surface area contributed by atoms with Crippen LogP contribution in [0.5, 0.6) is 0 Å². The van der Waals surface area contributed by atoms with Crippen LogP contribution < -0.4 is 5.46 Å². The van der Waals surface area contributed by atoms with Gasteiger partial charge in [0.05, 0.1) is 0 Å². The Kier molecular flexibility index (Phi) is 4.20. The van der Waals surface area contributed by atoms with Crippen LogP contribution in [0.15, 0.2) is 30.9 Å². The number of rotatable bonds is 3. The summed E-state index contributed by atoms with van der Waals surface area (Å²) in [5.41, 5.74) is 0.901. The van der Waals surface area contributed by atoms with Crippen molar-refractivity contribution in [3.63, 3.8) is 0 Å². The van der Waals surface area contributed by atoms with Gasteiger partial charge in [0.2, 0.25) is 0 Å². The Labute approximate surface area is 107 Å². The maximum atomic E-state index is 13.9. The van der Waals surface area contributed by atoms with Crippen molar-refractivity contribution in [2.75, 3.05) is 0 Å². The molecule has 0 heterocycles. The van der Waals surface area contributed by atoms with Crippen LogP contribution >= 0.6 is 0 Å². The number of hydrogen-bond acceptors (Lipinski definition) is 2. The first-order valence-electron chi connectivity index (χ1n) is 6.40. The summed E-state index contributed by atoms with van der Waals surface area (Å²) in [6.07, 6.45) is 6.02. The second-order valence-electron chi connectivity index (χ2n) is 5.00. The fourth-order valence-electron chi connectivity index (χ4n) is 2.70. The first kappa shape index (κ1) is 13.3. The molecule has 0 unspecified atom stereocenters. The molecule has 0 spiro atoms. The molecule has 2 rings (SSSR count). The topological polar surface area (TPSA) is 40.5 Å². The molecule has 0 bridgehead atoms. The van der Waals surface area contributed by atoms with Crippen molar-refractivity contribution >= 4 is 12.6 Å². The zero-order valence-corrected chi connectivity index (χ0v) is 10.3. The Hall–Kier alpha value is -1.13. The third-order valence-corrected chi connectivity index (χ3v) is 3.87. The van der Waals surface area contributed by atoms with Crippen LogP contribution in [0, 0.1) is 11.7 Å². The van der Waals surface area contributed by atoms with E-state index in [0.717, 1.165) is 25.7 Å². The summed E-state index contributed by atoms with van der Waals surface area (Å²) in [5, 5.41) is 18.0. The molecule has 1 aliphatic rings. The lowest BCUT2D eigenvalue weighted by atomic mass is 9.76. The first-order valence-corrected chi connectivity index (χ1v) is 6.40. The SMILES string of the molecule is C=C[C@H]1CC[C@H](c2ccc(B(O)O)cc2F)CC1. The molecule has 18 heavy (non-hydrogen) atoms. The first-order chi connectivity index (χ1) is 8.61. The second kappa shape index (κ2) is 5.68. The van der Waals surface area contributed by atoms with E-state index in [1.807, 2.05) is 6.08 Å². The molecule has 0 radical (unpaired) electrons. The maximum absolute atomic E-state index is 13.9. The van der Waals surface area contributed by atoms with Crippen LogP contribution in [0.2, 0.25) is 0 Å². The molecule has 0 saturated heterocycles. The summed E-state index contributed by atoms with van der Waals surface area (Å²) in [4.78, 5) is 0. The average Bonchev–Trinajstić information content (AvgIpc) is 2.38. The maximum Gasteiger partial charge on any atom is 0.488 e. The van der Waals surface area contributed by atoms with Gasteiger partial charge in [0.1, 0.15) is 5.82 Å². The predicted molar refractivity (Wildman–Crippen MR) is 71.1 cm³/mol. The smallest absolute Gasteiger partial charge is 0.423 e. The van der Waals surface area contributed by atoms with E-state index in [2.05, 4.69) is 6.58 Å². The molecule has 1 saturated carbocycles. The lowest BCUT2D eigenvalue weighted by molar-refractivity contribution is 0.369. The Morgan fingerprint density at radius 3 is 2.39 bits per heavy atom. The Bertz CT molecular complexity index is 426. The van der Waals surface area contributed by atoms with Crippen molar-refractivity contribution in [3.8, 4) is 0 Å². The summed E-state index contributed by atoms with van der Waals surface area (Å²) in [6, 6.07) is 4.49. The molecule has 0 aromatic heterocycles. The molecular formula is C14H18BFO2. The van der Waals surface area contributed by atoms with Gasteiger partial charge in [0.25, 0.3) is 0 Å². The molecule has 2 N–H and O–H groups in total. The number of allylic oxidation sites excluding steroid dienone is 1.